The van der Waals surface area contributed by atoms with Crippen LogP contribution in [0.5, 0.6) is 5.75 Å². The number of alkyl halides is 3. The highest BCUT2D eigenvalue weighted by atomic mass is 19.4. The van der Waals surface area contributed by atoms with Gasteiger partial charge in [-0.3, -0.25) is 0 Å². The van der Waals surface area contributed by atoms with E-state index in [0.29, 0.717) is 22.5 Å². The van der Waals surface area contributed by atoms with Gasteiger partial charge in [-0.05, 0) is 48.6 Å². The second kappa shape index (κ2) is 7.97. The molecule has 0 unspecified atom stereocenters. The molecule has 0 saturated heterocycles. The molecular formula is C23H20F4N2O. The molecule has 0 bridgehead atoms. The number of rotatable bonds is 5. The van der Waals surface area contributed by atoms with E-state index in [4.69, 9.17) is 10.5 Å². The molecule has 1 heterocycles. The van der Waals surface area contributed by atoms with Crippen LogP contribution >= 0.6 is 0 Å². The maximum atomic E-state index is 15.4. The van der Waals surface area contributed by atoms with E-state index < -0.39 is 17.6 Å². The lowest BCUT2D eigenvalue weighted by molar-refractivity contribution is -0.137. The van der Waals surface area contributed by atoms with Gasteiger partial charge in [-0.1, -0.05) is 30.7 Å². The number of halogens is 4. The first-order valence-corrected chi connectivity index (χ1v) is 9.66. The topological polar surface area (TPSA) is 48.1 Å². The number of benzene rings is 2. The van der Waals surface area contributed by atoms with E-state index in [1.807, 2.05) is 6.07 Å². The summed E-state index contributed by atoms with van der Waals surface area (Å²) in [5.41, 5.74) is 7.11. The molecule has 0 radical (unpaired) electrons. The highest BCUT2D eigenvalue weighted by Crippen LogP contribution is 2.44. The summed E-state index contributed by atoms with van der Waals surface area (Å²) in [6.07, 6.45) is 0.0900. The normalized spacial score (nSPS) is 14.4. The van der Waals surface area contributed by atoms with Crippen molar-refractivity contribution in [2.24, 2.45) is 0 Å². The Morgan fingerprint density at radius 3 is 2.30 bits per heavy atom. The molecule has 30 heavy (non-hydrogen) atoms. The average Bonchev–Trinajstić information content (AvgIpc) is 2.67. The first kappa shape index (κ1) is 20.2. The number of aromatic nitrogens is 1. The van der Waals surface area contributed by atoms with E-state index >= 15 is 4.39 Å². The number of nitrogen functional groups attached to an aromatic ring is 1. The lowest BCUT2D eigenvalue weighted by Crippen LogP contribution is -2.12. The number of anilines is 1. The predicted octanol–water partition coefficient (Wildman–Crippen LogP) is 6.34. The summed E-state index contributed by atoms with van der Waals surface area (Å²) in [7, 11) is 0. The fourth-order valence-corrected chi connectivity index (χ4v) is 3.49. The van der Waals surface area contributed by atoms with Crippen LogP contribution in [0.3, 0.4) is 0 Å². The van der Waals surface area contributed by atoms with Crippen LogP contribution in [0.1, 0.15) is 41.9 Å². The summed E-state index contributed by atoms with van der Waals surface area (Å²) in [5, 5.41) is 0. The molecule has 0 atom stereocenters. The number of ether oxygens (including phenoxy) is 1. The third-order valence-corrected chi connectivity index (χ3v) is 5.43. The molecule has 0 amide bonds. The van der Waals surface area contributed by atoms with Gasteiger partial charge in [0.05, 0.1) is 5.56 Å². The summed E-state index contributed by atoms with van der Waals surface area (Å²) < 4.78 is 59.5. The van der Waals surface area contributed by atoms with Crippen LogP contribution in [-0.2, 0) is 12.8 Å². The molecule has 1 aromatic heterocycles. The van der Waals surface area contributed by atoms with E-state index in [-0.39, 0.29) is 18.3 Å². The van der Waals surface area contributed by atoms with Crippen molar-refractivity contribution in [1.82, 2.24) is 4.98 Å². The van der Waals surface area contributed by atoms with Crippen molar-refractivity contribution in [3.63, 3.8) is 0 Å². The molecule has 1 aliphatic rings. The molecule has 3 nitrogen and oxygen atoms in total. The summed E-state index contributed by atoms with van der Waals surface area (Å²) in [4.78, 5) is 4.01. The molecule has 1 fully saturated rings. The Hall–Kier alpha value is -3.09. The Morgan fingerprint density at radius 2 is 1.73 bits per heavy atom. The van der Waals surface area contributed by atoms with E-state index in [1.165, 1.54) is 18.3 Å². The van der Waals surface area contributed by atoms with Crippen LogP contribution in [0.25, 0.3) is 11.1 Å². The molecule has 2 N–H and O–H groups in total. The summed E-state index contributed by atoms with van der Waals surface area (Å²) in [5.74, 6) is 0.205. The molecule has 4 rings (SSSR count). The Labute approximate surface area is 171 Å². The van der Waals surface area contributed by atoms with Gasteiger partial charge < -0.3 is 10.5 Å². The zero-order valence-electron chi connectivity index (χ0n) is 16.0. The maximum absolute atomic E-state index is 15.4. The van der Waals surface area contributed by atoms with Gasteiger partial charge in [-0.15, -0.1) is 0 Å². The minimum absolute atomic E-state index is 0.0295. The van der Waals surface area contributed by atoms with Gasteiger partial charge in [0, 0.05) is 22.9 Å². The molecular weight excluding hydrogens is 396 g/mol. The smallest absolute Gasteiger partial charge is 0.416 e. The first-order valence-electron chi connectivity index (χ1n) is 9.66. The van der Waals surface area contributed by atoms with Crippen LogP contribution < -0.4 is 10.5 Å². The van der Waals surface area contributed by atoms with Gasteiger partial charge in [-0.2, -0.15) is 13.2 Å². The quantitative estimate of drug-likeness (QED) is 0.494. The number of hydrogen-bond acceptors (Lipinski definition) is 3. The molecule has 2 aromatic carbocycles. The first-order chi connectivity index (χ1) is 14.3. The zero-order valence-corrected chi connectivity index (χ0v) is 16.0. The summed E-state index contributed by atoms with van der Waals surface area (Å²) in [6.45, 7) is -0.0295. The molecule has 1 aliphatic carbocycles. The van der Waals surface area contributed by atoms with Crippen molar-refractivity contribution in [3.8, 4) is 16.9 Å². The van der Waals surface area contributed by atoms with Crippen LogP contribution in [0, 0.1) is 5.82 Å². The molecule has 0 aliphatic heterocycles. The van der Waals surface area contributed by atoms with E-state index in [9.17, 15) is 13.2 Å². The second-order valence-electron chi connectivity index (χ2n) is 7.43. The fourth-order valence-electron chi connectivity index (χ4n) is 3.49. The van der Waals surface area contributed by atoms with E-state index in [1.54, 1.807) is 18.2 Å². The number of hydrogen-bond donors (Lipinski definition) is 1. The van der Waals surface area contributed by atoms with Crippen molar-refractivity contribution in [1.29, 1.82) is 0 Å². The fraction of sp³-hybridized carbons (Fsp3) is 0.261. The van der Waals surface area contributed by atoms with E-state index in [0.717, 1.165) is 37.0 Å². The van der Waals surface area contributed by atoms with E-state index in [2.05, 4.69) is 4.98 Å². The Balaban J connectivity index is 1.63. The van der Waals surface area contributed by atoms with Gasteiger partial charge in [-0.25, -0.2) is 9.37 Å². The summed E-state index contributed by atoms with van der Waals surface area (Å²) >= 11 is 0. The van der Waals surface area contributed by atoms with Gasteiger partial charge in [0.25, 0.3) is 0 Å². The minimum atomic E-state index is -4.40. The Morgan fingerprint density at radius 1 is 1.00 bits per heavy atom. The van der Waals surface area contributed by atoms with Crippen LogP contribution in [0.15, 0.2) is 54.7 Å². The largest absolute Gasteiger partial charge is 0.486 e. The number of nitrogens with two attached hydrogens (primary N) is 1. The second-order valence-corrected chi connectivity index (χ2v) is 7.43. The third-order valence-electron chi connectivity index (χ3n) is 5.43. The van der Waals surface area contributed by atoms with Gasteiger partial charge >= 0.3 is 6.18 Å². The van der Waals surface area contributed by atoms with Crippen molar-refractivity contribution in [2.75, 3.05) is 5.73 Å². The molecule has 7 heteroatoms. The average molecular weight is 416 g/mol. The number of nitrogens with zero attached hydrogens (tertiary/aromatic N) is 1. The summed E-state index contributed by atoms with van der Waals surface area (Å²) in [6, 6.07) is 11.5. The van der Waals surface area contributed by atoms with Crippen molar-refractivity contribution in [2.45, 2.75) is 38.0 Å². The molecule has 0 spiro atoms. The predicted molar refractivity (Wildman–Crippen MR) is 106 cm³/mol. The van der Waals surface area contributed by atoms with Crippen molar-refractivity contribution < 1.29 is 22.3 Å². The maximum Gasteiger partial charge on any atom is 0.416 e. The molecule has 3 aromatic rings. The highest BCUT2D eigenvalue weighted by molar-refractivity contribution is 5.67. The van der Waals surface area contributed by atoms with Crippen molar-refractivity contribution >= 4 is 5.82 Å². The van der Waals surface area contributed by atoms with Gasteiger partial charge in [0.15, 0.2) is 11.6 Å². The van der Waals surface area contributed by atoms with Crippen LogP contribution in [0.4, 0.5) is 23.4 Å². The Kier molecular flexibility index (Phi) is 5.37. The minimum Gasteiger partial charge on any atom is -0.486 e. The highest BCUT2D eigenvalue weighted by Gasteiger charge is 2.30. The number of pyridine rings is 1. The van der Waals surface area contributed by atoms with Crippen LogP contribution in [-0.4, -0.2) is 4.98 Å². The molecule has 1 saturated carbocycles. The van der Waals surface area contributed by atoms with Crippen molar-refractivity contribution in [3.05, 3.63) is 77.2 Å². The lowest BCUT2D eigenvalue weighted by Gasteiger charge is -2.28. The lowest BCUT2D eigenvalue weighted by atomic mass is 9.79. The third kappa shape index (κ3) is 4.10. The standard InChI is InChI=1S/C23H20F4N2O/c24-21-18(16-6-11-20(28)29-12-16)9-10-19(15-2-1-3-15)22(21)30-13-14-4-7-17(8-5-14)23(25,26)27/h4-12,15H,1-3,13H2,(H2,28,29). The Bertz CT molecular complexity index is 1030. The van der Waals surface area contributed by atoms with Gasteiger partial charge in [0.1, 0.15) is 12.4 Å². The van der Waals surface area contributed by atoms with Gasteiger partial charge in [0.2, 0.25) is 0 Å². The monoisotopic (exact) mass is 416 g/mol. The molecule has 156 valence electrons. The SMILES string of the molecule is Nc1ccc(-c2ccc(C3CCC3)c(OCc3ccc(C(F)(F)F)cc3)c2F)cn1. The van der Waals surface area contributed by atoms with Crippen LogP contribution in [0.2, 0.25) is 0 Å². The zero-order chi connectivity index (χ0) is 21.3.